The SMILES string of the molecule is CC1CC(c2cccc(Cl)c2F)C(C)N1C1CC1. The van der Waals surface area contributed by atoms with Crippen molar-refractivity contribution in [3.05, 3.63) is 34.6 Å². The summed E-state index contributed by atoms with van der Waals surface area (Å²) >= 11 is 5.90. The molecule has 0 radical (unpaired) electrons. The van der Waals surface area contributed by atoms with E-state index in [9.17, 15) is 4.39 Å². The quantitative estimate of drug-likeness (QED) is 0.776. The zero-order chi connectivity index (χ0) is 12.9. The molecular formula is C15H19ClFN. The Morgan fingerprint density at radius 1 is 1.28 bits per heavy atom. The molecule has 1 aliphatic heterocycles. The van der Waals surface area contributed by atoms with E-state index in [1.54, 1.807) is 6.07 Å². The van der Waals surface area contributed by atoms with E-state index in [0.29, 0.717) is 12.1 Å². The Kier molecular flexibility index (Phi) is 3.11. The van der Waals surface area contributed by atoms with Gasteiger partial charge in [-0.2, -0.15) is 0 Å². The highest BCUT2D eigenvalue weighted by molar-refractivity contribution is 6.30. The molecule has 3 atom stereocenters. The minimum absolute atomic E-state index is 0.221. The third-order valence-electron chi connectivity index (χ3n) is 4.51. The van der Waals surface area contributed by atoms with Gasteiger partial charge < -0.3 is 0 Å². The Bertz CT molecular complexity index is 458. The molecule has 1 aliphatic carbocycles. The average molecular weight is 268 g/mol. The van der Waals surface area contributed by atoms with Crippen molar-refractivity contribution in [2.75, 3.05) is 0 Å². The van der Waals surface area contributed by atoms with Gasteiger partial charge in [0.2, 0.25) is 0 Å². The van der Waals surface area contributed by atoms with E-state index in [1.807, 2.05) is 12.1 Å². The molecule has 1 aromatic carbocycles. The molecule has 0 spiro atoms. The second kappa shape index (κ2) is 4.50. The van der Waals surface area contributed by atoms with Crippen LogP contribution in [0.3, 0.4) is 0 Å². The molecular weight excluding hydrogens is 249 g/mol. The third kappa shape index (κ3) is 1.96. The summed E-state index contributed by atoms with van der Waals surface area (Å²) in [5.41, 5.74) is 0.796. The van der Waals surface area contributed by atoms with Gasteiger partial charge in [0.1, 0.15) is 5.82 Å². The first kappa shape index (κ1) is 12.4. The van der Waals surface area contributed by atoms with Crippen LogP contribution in [-0.2, 0) is 0 Å². The normalized spacial score (nSPS) is 33.0. The van der Waals surface area contributed by atoms with Crippen LogP contribution >= 0.6 is 11.6 Å². The highest BCUT2D eigenvalue weighted by atomic mass is 35.5. The molecule has 0 N–H and O–H groups in total. The lowest BCUT2D eigenvalue weighted by atomic mass is 9.91. The molecule has 1 saturated carbocycles. The fourth-order valence-corrected chi connectivity index (χ4v) is 3.74. The number of rotatable bonds is 2. The van der Waals surface area contributed by atoms with Crippen LogP contribution in [0.15, 0.2) is 18.2 Å². The maximum absolute atomic E-state index is 14.1. The van der Waals surface area contributed by atoms with Crippen LogP contribution in [-0.4, -0.2) is 23.0 Å². The Morgan fingerprint density at radius 3 is 2.67 bits per heavy atom. The van der Waals surface area contributed by atoms with E-state index >= 15 is 0 Å². The van der Waals surface area contributed by atoms with Gasteiger partial charge in [-0.05, 0) is 44.7 Å². The van der Waals surface area contributed by atoms with Gasteiger partial charge in [0.15, 0.2) is 0 Å². The molecule has 0 amide bonds. The Morgan fingerprint density at radius 2 is 2.00 bits per heavy atom. The molecule has 3 heteroatoms. The lowest BCUT2D eigenvalue weighted by molar-refractivity contribution is 0.198. The van der Waals surface area contributed by atoms with Gasteiger partial charge in [0.25, 0.3) is 0 Å². The summed E-state index contributed by atoms with van der Waals surface area (Å²) in [6.07, 6.45) is 3.65. The van der Waals surface area contributed by atoms with Crippen molar-refractivity contribution in [1.29, 1.82) is 0 Å². The number of hydrogen-bond acceptors (Lipinski definition) is 1. The fraction of sp³-hybridized carbons (Fsp3) is 0.600. The van der Waals surface area contributed by atoms with E-state index in [1.165, 1.54) is 12.8 Å². The number of hydrogen-bond donors (Lipinski definition) is 0. The van der Waals surface area contributed by atoms with E-state index in [4.69, 9.17) is 11.6 Å². The Hall–Kier alpha value is -0.600. The number of halogens is 2. The second-order valence-electron chi connectivity index (χ2n) is 5.75. The van der Waals surface area contributed by atoms with Crippen molar-refractivity contribution in [1.82, 2.24) is 4.90 Å². The van der Waals surface area contributed by atoms with Crippen LogP contribution in [0.1, 0.15) is 44.6 Å². The van der Waals surface area contributed by atoms with E-state index < -0.39 is 0 Å². The standard InChI is InChI=1S/C15H19ClFN/c1-9-8-13(10(2)18(9)11-6-7-11)12-4-3-5-14(16)15(12)17/h3-5,9-11,13H,6-8H2,1-2H3. The topological polar surface area (TPSA) is 3.24 Å². The number of benzene rings is 1. The van der Waals surface area contributed by atoms with Gasteiger partial charge in [0.05, 0.1) is 5.02 Å². The van der Waals surface area contributed by atoms with E-state index in [0.717, 1.165) is 18.0 Å². The Balaban J connectivity index is 1.91. The fourth-order valence-electron chi connectivity index (χ4n) is 3.55. The van der Waals surface area contributed by atoms with Gasteiger partial charge in [-0.25, -0.2) is 4.39 Å². The molecule has 3 rings (SSSR count). The number of nitrogens with zero attached hydrogens (tertiary/aromatic N) is 1. The third-order valence-corrected chi connectivity index (χ3v) is 4.80. The van der Waals surface area contributed by atoms with Crippen molar-refractivity contribution < 1.29 is 4.39 Å². The molecule has 2 aliphatic rings. The molecule has 1 aromatic rings. The van der Waals surface area contributed by atoms with E-state index in [2.05, 4.69) is 18.7 Å². The first-order chi connectivity index (χ1) is 8.59. The number of likely N-dealkylation sites (tertiary alicyclic amines) is 1. The van der Waals surface area contributed by atoms with Gasteiger partial charge in [0, 0.05) is 24.0 Å². The minimum Gasteiger partial charge on any atom is -0.294 e. The van der Waals surface area contributed by atoms with Crippen molar-refractivity contribution in [2.45, 2.75) is 57.2 Å². The zero-order valence-corrected chi connectivity index (χ0v) is 11.6. The molecule has 0 aromatic heterocycles. The van der Waals surface area contributed by atoms with Crippen LogP contribution in [0.4, 0.5) is 4.39 Å². The lowest BCUT2D eigenvalue weighted by Crippen LogP contribution is -2.35. The van der Waals surface area contributed by atoms with Gasteiger partial charge in [-0.1, -0.05) is 23.7 Å². The zero-order valence-electron chi connectivity index (χ0n) is 10.9. The van der Waals surface area contributed by atoms with Crippen LogP contribution in [0, 0.1) is 5.82 Å². The molecule has 0 bridgehead atoms. The molecule has 98 valence electrons. The van der Waals surface area contributed by atoms with Crippen LogP contribution in [0.25, 0.3) is 0 Å². The van der Waals surface area contributed by atoms with Gasteiger partial charge in [-0.15, -0.1) is 0 Å². The monoisotopic (exact) mass is 267 g/mol. The lowest BCUT2D eigenvalue weighted by Gasteiger charge is -2.27. The van der Waals surface area contributed by atoms with Crippen molar-refractivity contribution in [3.63, 3.8) is 0 Å². The summed E-state index contributed by atoms with van der Waals surface area (Å²) < 4.78 is 14.1. The van der Waals surface area contributed by atoms with Crippen molar-refractivity contribution in [3.8, 4) is 0 Å². The molecule has 1 nitrogen and oxygen atoms in total. The highest BCUT2D eigenvalue weighted by Gasteiger charge is 2.44. The summed E-state index contributed by atoms with van der Waals surface area (Å²) in [5, 5.41) is 0.247. The summed E-state index contributed by atoms with van der Waals surface area (Å²) in [5.74, 6) is 0.0557. The molecule has 1 heterocycles. The molecule has 18 heavy (non-hydrogen) atoms. The van der Waals surface area contributed by atoms with Crippen molar-refractivity contribution in [2.24, 2.45) is 0 Å². The maximum atomic E-state index is 14.1. The van der Waals surface area contributed by atoms with Crippen LogP contribution < -0.4 is 0 Å². The maximum Gasteiger partial charge on any atom is 0.145 e. The highest BCUT2D eigenvalue weighted by Crippen LogP contribution is 2.44. The second-order valence-corrected chi connectivity index (χ2v) is 6.16. The van der Waals surface area contributed by atoms with E-state index in [-0.39, 0.29) is 16.8 Å². The van der Waals surface area contributed by atoms with Crippen molar-refractivity contribution >= 4 is 11.6 Å². The summed E-state index contributed by atoms with van der Waals surface area (Å²) in [7, 11) is 0. The van der Waals surface area contributed by atoms with Gasteiger partial charge >= 0.3 is 0 Å². The molecule has 2 fully saturated rings. The van der Waals surface area contributed by atoms with Gasteiger partial charge in [-0.3, -0.25) is 4.90 Å². The molecule has 1 saturated heterocycles. The molecule has 3 unspecified atom stereocenters. The first-order valence-electron chi connectivity index (χ1n) is 6.81. The summed E-state index contributed by atoms with van der Waals surface area (Å²) in [4.78, 5) is 2.57. The average Bonchev–Trinajstić information content (AvgIpc) is 3.10. The minimum atomic E-state index is -0.221. The predicted octanol–water partition coefficient (Wildman–Crippen LogP) is 4.21. The van der Waals surface area contributed by atoms with Crippen LogP contribution in [0.5, 0.6) is 0 Å². The first-order valence-corrected chi connectivity index (χ1v) is 7.18. The Labute approximate surface area is 113 Å². The smallest absolute Gasteiger partial charge is 0.145 e. The van der Waals surface area contributed by atoms with Crippen LogP contribution in [0.2, 0.25) is 5.02 Å². The largest absolute Gasteiger partial charge is 0.294 e. The predicted molar refractivity (Wildman–Crippen MR) is 72.6 cm³/mol. The summed E-state index contributed by atoms with van der Waals surface area (Å²) in [6.45, 7) is 4.49. The summed E-state index contributed by atoms with van der Waals surface area (Å²) in [6, 6.07) is 7.09.